The van der Waals surface area contributed by atoms with Crippen molar-refractivity contribution in [3.63, 3.8) is 0 Å². The fourth-order valence-electron chi connectivity index (χ4n) is 3.75. The first-order valence-electron chi connectivity index (χ1n) is 9.92. The molecule has 8 heteroatoms. The zero-order valence-corrected chi connectivity index (χ0v) is 17.6. The van der Waals surface area contributed by atoms with E-state index < -0.39 is 5.92 Å². The minimum Gasteiger partial charge on any atom is -0.361 e. The Bertz CT molecular complexity index is 1090. The molecule has 154 valence electrons. The average Bonchev–Trinajstić information content (AvgIpc) is 3.13. The van der Waals surface area contributed by atoms with Gasteiger partial charge >= 0.3 is 0 Å². The largest absolute Gasteiger partial charge is 0.361 e. The summed E-state index contributed by atoms with van der Waals surface area (Å²) in [6, 6.07) is 10.1. The number of likely N-dealkylation sites (N-methyl/N-ethyl adjacent to an activating group) is 1. The lowest BCUT2D eigenvalue weighted by molar-refractivity contribution is -0.117. The fraction of sp³-hybridized carbons (Fsp3) is 0.364. The van der Waals surface area contributed by atoms with Gasteiger partial charge in [0.25, 0.3) is 0 Å². The van der Waals surface area contributed by atoms with Crippen LogP contribution >= 0.6 is 0 Å². The van der Waals surface area contributed by atoms with E-state index in [0.717, 1.165) is 40.9 Å². The van der Waals surface area contributed by atoms with Crippen molar-refractivity contribution in [2.45, 2.75) is 33.6 Å². The molecule has 0 bridgehead atoms. The zero-order chi connectivity index (χ0) is 21.8. The molecule has 0 fully saturated rings. The average molecular weight is 403 g/mol. The molecule has 3 rings (SSSR count). The molecule has 0 saturated heterocycles. The van der Waals surface area contributed by atoms with Crippen molar-refractivity contribution in [1.82, 2.24) is 20.4 Å². The molecule has 2 heterocycles. The van der Waals surface area contributed by atoms with Crippen LogP contribution < -0.4 is 10.6 Å². The van der Waals surface area contributed by atoms with E-state index >= 15 is 0 Å². The first-order valence-corrected chi connectivity index (χ1v) is 9.92. The summed E-state index contributed by atoms with van der Waals surface area (Å²) in [5.74, 6) is -0.155. The van der Waals surface area contributed by atoms with Crippen LogP contribution in [0.2, 0.25) is 0 Å². The van der Waals surface area contributed by atoms with E-state index in [1.165, 1.54) is 0 Å². The maximum atomic E-state index is 12.4. The van der Waals surface area contributed by atoms with E-state index in [1.54, 1.807) is 0 Å². The van der Waals surface area contributed by atoms with Crippen LogP contribution in [0, 0.1) is 22.7 Å². The molecule has 1 aromatic carbocycles. The predicted molar refractivity (Wildman–Crippen MR) is 115 cm³/mol. The van der Waals surface area contributed by atoms with Gasteiger partial charge in [-0.1, -0.05) is 19.9 Å². The van der Waals surface area contributed by atoms with Crippen LogP contribution in [0.4, 0.5) is 5.82 Å². The van der Waals surface area contributed by atoms with Crippen molar-refractivity contribution < 1.29 is 4.79 Å². The topological polar surface area (TPSA) is 121 Å². The Balaban J connectivity index is 2.00. The molecule has 0 aliphatic carbocycles. The first-order chi connectivity index (χ1) is 14.4. The predicted octanol–water partition coefficient (Wildman–Crippen LogP) is 3.13. The van der Waals surface area contributed by atoms with Crippen molar-refractivity contribution in [3.8, 4) is 12.1 Å². The van der Waals surface area contributed by atoms with Crippen molar-refractivity contribution >= 4 is 22.6 Å². The highest BCUT2D eigenvalue weighted by molar-refractivity contribution is 6.00. The molecule has 1 aliphatic heterocycles. The molecule has 30 heavy (non-hydrogen) atoms. The highest BCUT2D eigenvalue weighted by Gasteiger charge is 2.29. The smallest absolute Gasteiger partial charge is 0.239 e. The van der Waals surface area contributed by atoms with Gasteiger partial charge in [-0.05, 0) is 44.6 Å². The number of anilines is 1. The number of hydrogen-bond acceptors (Lipinski definition) is 6. The summed E-state index contributed by atoms with van der Waals surface area (Å²) in [6.45, 7) is 9.55. The van der Waals surface area contributed by atoms with Gasteiger partial charge in [0.2, 0.25) is 5.91 Å². The first kappa shape index (κ1) is 21.1. The van der Waals surface area contributed by atoms with E-state index in [-0.39, 0.29) is 12.5 Å². The van der Waals surface area contributed by atoms with Crippen LogP contribution in [0.15, 0.2) is 40.7 Å². The van der Waals surface area contributed by atoms with Crippen molar-refractivity contribution in [1.29, 1.82) is 10.5 Å². The quantitative estimate of drug-likeness (QED) is 0.681. The van der Waals surface area contributed by atoms with Gasteiger partial charge in [0, 0.05) is 16.8 Å². The number of allylic oxidation sites excluding steroid dienone is 4. The van der Waals surface area contributed by atoms with Gasteiger partial charge < -0.3 is 10.6 Å². The van der Waals surface area contributed by atoms with Crippen molar-refractivity contribution in [3.05, 3.63) is 46.3 Å². The second-order valence-corrected chi connectivity index (χ2v) is 7.25. The highest BCUT2D eigenvalue weighted by atomic mass is 16.2. The number of hydrogen-bond donors (Lipinski definition) is 3. The second-order valence-electron chi connectivity index (χ2n) is 7.25. The number of benzene rings is 1. The number of amides is 1. The Hall–Kier alpha value is -3.62. The second kappa shape index (κ2) is 8.81. The maximum Gasteiger partial charge on any atom is 0.239 e. The lowest BCUT2D eigenvalue weighted by Gasteiger charge is -2.26. The van der Waals surface area contributed by atoms with Gasteiger partial charge in [0.15, 0.2) is 5.82 Å². The van der Waals surface area contributed by atoms with E-state index in [1.807, 2.05) is 50.8 Å². The van der Waals surface area contributed by atoms with Gasteiger partial charge in [0.1, 0.15) is 0 Å². The van der Waals surface area contributed by atoms with Crippen molar-refractivity contribution in [2.24, 2.45) is 0 Å². The van der Waals surface area contributed by atoms with Gasteiger partial charge in [0.05, 0.1) is 41.3 Å². The molecular formula is C22H25N7O. The van der Waals surface area contributed by atoms with Crippen LogP contribution in [-0.2, 0) is 4.79 Å². The molecule has 3 N–H and O–H groups in total. The van der Waals surface area contributed by atoms with Crippen LogP contribution in [0.25, 0.3) is 10.9 Å². The third kappa shape index (κ3) is 3.91. The lowest BCUT2D eigenvalue weighted by atomic mass is 9.81. The number of carbonyl (C=O) groups is 1. The molecule has 8 nitrogen and oxygen atoms in total. The molecule has 1 aromatic heterocycles. The Morgan fingerprint density at radius 2 is 1.80 bits per heavy atom. The Kier molecular flexibility index (Phi) is 6.20. The molecule has 0 saturated carbocycles. The number of H-pyrrole nitrogens is 1. The van der Waals surface area contributed by atoms with Crippen molar-refractivity contribution in [2.75, 3.05) is 25.0 Å². The number of carbonyl (C=O) groups excluding carboxylic acids is 1. The van der Waals surface area contributed by atoms with Crippen LogP contribution in [0.3, 0.4) is 0 Å². The Morgan fingerprint density at radius 1 is 1.17 bits per heavy atom. The van der Waals surface area contributed by atoms with Gasteiger partial charge in [-0.25, -0.2) is 0 Å². The standard InChI is InChI=1S/C22H25N7O/c1-5-29(6-2)12-20(30)26-22-16-9-15(7-8-19(16)27-28-22)21-17(10-23)13(3)25-14(4)18(21)11-24/h7-9,21,25H,5-6,12H2,1-4H3,(H2,26,27,28,30). The van der Waals surface area contributed by atoms with Gasteiger partial charge in [-0.15, -0.1) is 0 Å². The molecule has 0 spiro atoms. The number of aromatic amines is 1. The van der Waals surface area contributed by atoms with Crippen LogP contribution in [0.5, 0.6) is 0 Å². The SMILES string of the molecule is CCN(CC)CC(=O)Nc1n[nH]c2ccc(C3C(C#N)=C(C)NC(C)=C3C#N)cc12. The number of nitriles is 2. The number of nitrogens with one attached hydrogen (secondary N) is 3. The summed E-state index contributed by atoms with van der Waals surface area (Å²) < 4.78 is 0. The maximum absolute atomic E-state index is 12.4. The number of nitrogens with zero attached hydrogens (tertiary/aromatic N) is 4. The third-order valence-corrected chi connectivity index (χ3v) is 5.44. The van der Waals surface area contributed by atoms with Gasteiger partial charge in [-0.2, -0.15) is 15.6 Å². The number of fused-ring (bicyclic) bond motifs is 1. The normalized spacial score (nSPS) is 14.6. The summed E-state index contributed by atoms with van der Waals surface area (Å²) in [4.78, 5) is 14.5. The van der Waals surface area contributed by atoms with E-state index in [0.29, 0.717) is 17.0 Å². The molecule has 1 aliphatic rings. The molecule has 1 amide bonds. The zero-order valence-electron chi connectivity index (χ0n) is 17.6. The van der Waals surface area contributed by atoms with E-state index in [4.69, 9.17) is 0 Å². The molecule has 0 atom stereocenters. The van der Waals surface area contributed by atoms with Crippen LogP contribution in [-0.4, -0.2) is 40.6 Å². The van der Waals surface area contributed by atoms with Crippen LogP contribution in [0.1, 0.15) is 39.2 Å². The molecule has 0 radical (unpaired) electrons. The number of rotatable bonds is 6. The Labute approximate surface area is 175 Å². The molecule has 0 unspecified atom stereocenters. The third-order valence-electron chi connectivity index (χ3n) is 5.44. The summed E-state index contributed by atoms with van der Waals surface area (Å²) in [7, 11) is 0. The minimum absolute atomic E-state index is 0.138. The summed E-state index contributed by atoms with van der Waals surface area (Å²) in [6.07, 6.45) is 0. The number of aromatic nitrogens is 2. The molecular weight excluding hydrogens is 378 g/mol. The summed E-state index contributed by atoms with van der Waals surface area (Å²) >= 11 is 0. The number of dihydropyridines is 1. The highest BCUT2D eigenvalue weighted by Crippen LogP contribution is 2.38. The van der Waals surface area contributed by atoms with E-state index in [2.05, 4.69) is 33.0 Å². The minimum atomic E-state index is -0.459. The monoisotopic (exact) mass is 403 g/mol. The Morgan fingerprint density at radius 3 is 2.37 bits per heavy atom. The summed E-state index contributed by atoms with van der Waals surface area (Å²) in [5.41, 5.74) is 4.05. The van der Waals surface area contributed by atoms with E-state index in [9.17, 15) is 15.3 Å². The lowest BCUT2D eigenvalue weighted by Crippen LogP contribution is -2.33. The molecule has 2 aromatic rings. The van der Waals surface area contributed by atoms with Gasteiger partial charge in [-0.3, -0.25) is 14.8 Å². The fourth-order valence-corrected chi connectivity index (χ4v) is 3.75. The summed E-state index contributed by atoms with van der Waals surface area (Å²) in [5, 5.41) is 33.3.